The molecule has 3 rings (SSSR count). The summed E-state index contributed by atoms with van der Waals surface area (Å²) in [6, 6.07) is 10.7. The molecule has 0 fully saturated rings. The Morgan fingerprint density at radius 3 is 2.62 bits per heavy atom. The van der Waals surface area contributed by atoms with Crippen molar-refractivity contribution in [3.05, 3.63) is 64.9 Å². The maximum atomic E-state index is 13.0. The fourth-order valence-electron chi connectivity index (χ4n) is 2.76. The van der Waals surface area contributed by atoms with Crippen molar-refractivity contribution < 1.29 is 27.1 Å². The predicted molar refractivity (Wildman–Crippen MR) is 91.1 cm³/mol. The Labute approximate surface area is 147 Å². The maximum absolute atomic E-state index is 13.0. The van der Waals surface area contributed by atoms with Gasteiger partial charge in [-0.05, 0) is 30.7 Å². The number of nitrogens with one attached hydrogen (secondary N) is 1. The van der Waals surface area contributed by atoms with E-state index in [2.05, 4.69) is 5.32 Å². The SMILES string of the molecule is COCc1c(C(=O)Nc2ccc(C)c(C(F)(F)F)c2)oc2ccccc12. The van der Waals surface area contributed by atoms with Gasteiger partial charge in [0, 0.05) is 23.7 Å². The van der Waals surface area contributed by atoms with Crippen LogP contribution < -0.4 is 5.32 Å². The van der Waals surface area contributed by atoms with Crippen LogP contribution in [0.3, 0.4) is 0 Å². The number of fused-ring (bicyclic) bond motifs is 1. The van der Waals surface area contributed by atoms with Crippen LogP contribution >= 0.6 is 0 Å². The molecule has 1 amide bonds. The number of rotatable bonds is 4. The topological polar surface area (TPSA) is 51.5 Å². The molecule has 0 saturated carbocycles. The maximum Gasteiger partial charge on any atom is 0.416 e. The number of benzene rings is 2. The Kier molecular flexibility index (Phi) is 4.73. The number of ether oxygens (including phenoxy) is 1. The highest BCUT2D eigenvalue weighted by Crippen LogP contribution is 2.34. The number of para-hydroxylation sites is 1. The van der Waals surface area contributed by atoms with Gasteiger partial charge in [-0.25, -0.2) is 0 Å². The van der Waals surface area contributed by atoms with Crippen LogP contribution in [0.25, 0.3) is 11.0 Å². The third-order valence-electron chi connectivity index (χ3n) is 3.99. The Balaban J connectivity index is 1.96. The summed E-state index contributed by atoms with van der Waals surface area (Å²) in [7, 11) is 1.49. The first-order valence-corrected chi connectivity index (χ1v) is 7.80. The summed E-state index contributed by atoms with van der Waals surface area (Å²) in [5, 5.41) is 3.19. The van der Waals surface area contributed by atoms with E-state index in [0.717, 1.165) is 11.5 Å². The number of methoxy groups -OCH3 is 1. The summed E-state index contributed by atoms with van der Waals surface area (Å²) in [5.41, 5.74) is 0.376. The van der Waals surface area contributed by atoms with Crippen LogP contribution in [0.4, 0.5) is 18.9 Å². The van der Waals surface area contributed by atoms with E-state index in [1.807, 2.05) is 0 Å². The van der Waals surface area contributed by atoms with Gasteiger partial charge in [0.05, 0.1) is 12.2 Å². The Hall–Kier alpha value is -2.80. The molecule has 0 aliphatic heterocycles. The molecule has 1 N–H and O–H groups in total. The highest BCUT2D eigenvalue weighted by molar-refractivity contribution is 6.06. The zero-order valence-corrected chi connectivity index (χ0v) is 14.1. The van der Waals surface area contributed by atoms with Crippen LogP contribution in [0.1, 0.15) is 27.2 Å². The van der Waals surface area contributed by atoms with Crippen molar-refractivity contribution in [2.45, 2.75) is 19.7 Å². The molecule has 1 aromatic heterocycles. The lowest BCUT2D eigenvalue weighted by Gasteiger charge is -2.12. The molecule has 0 unspecified atom stereocenters. The second-order valence-electron chi connectivity index (χ2n) is 5.82. The van der Waals surface area contributed by atoms with Gasteiger partial charge in [-0.2, -0.15) is 13.2 Å². The molecule has 7 heteroatoms. The van der Waals surface area contributed by atoms with E-state index >= 15 is 0 Å². The van der Waals surface area contributed by atoms with Crippen LogP contribution in [0.2, 0.25) is 0 Å². The van der Waals surface area contributed by atoms with Crippen molar-refractivity contribution in [3.63, 3.8) is 0 Å². The molecular formula is C19H16F3NO3. The number of carbonyl (C=O) groups excluding carboxylic acids is 1. The molecule has 3 aromatic rings. The van der Waals surface area contributed by atoms with Gasteiger partial charge < -0.3 is 14.5 Å². The number of aryl methyl sites for hydroxylation is 1. The number of furan rings is 1. The van der Waals surface area contributed by atoms with E-state index < -0.39 is 17.6 Å². The largest absolute Gasteiger partial charge is 0.451 e. The molecule has 0 spiro atoms. The fraction of sp³-hybridized carbons (Fsp3) is 0.211. The smallest absolute Gasteiger partial charge is 0.416 e. The lowest BCUT2D eigenvalue weighted by atomic mass is 10.1. The Bertz CT molecular complexity index is 960. The zero-order valence-electron chi connectivity index (χ0n) is 14.1. The van der Waals surface area contributed by atoms with Gasteiger partial charge in [0.2, 0.25) is 0 Å². The summed E-state index contributed by atoms with van der Waals surface area (Å²) in [4.78, 5) is 12.6. The van der Waals surface area contributed by atoms with Crippen LogP contribution in [0, 0.1) is 6.92 Å². The second kappa shape index (κ2) is 6.84. The van der Waals surface area contributed by atoms with Gasteiger partial charge in [-0.1, -0.05) is 24.3 Å². The van der Waals surface area contributed by atoms with Crippen molar-refractivity contribution in [2.75, 3.05) is 12.4 Å². The van der Waals surface area contributed by atoms with Crippen molar-refractivity contribution >= 4 is 22.6 Å². The molecule has 2 aromatic carbocycles. The molecule has 4 nitrogen and oxygen atoms in total. The summed E-state index contributed by atoms with van der Waals surface area (Å²) in [5.74, 6) is -0.618. The zero-order chi connectivity index (χ0) is 18.9. The van der Waals surface area contributed by atoms with Gasteiger partial charge in [-0.3, -0.25) is 4.79 Å². The van der Waals surface area contributed by atoms with E-state index in [0.29, 0.717) is 11.1 Å². The average molecular weight is 363 g/mol. The number of hydrogen-bond donors (Lipinski definition) is 1. The highest BCUT2D eigenvalue weighted by atomic mass is 19.4. The van der Waals surface area contributed by atoms with Crippen LogP contribution in [-0.2, 0) is 17.5 Å². The minimum Gasteiger partial charge on any atom is -0.451 e. The summed E-state index contributed by atoms with van der Waals surface area (Å²) in [6.07, 6.45) is -4.49. The molecule has 0 aliphatic rings. The molecule has 26 heavy (non-hydrogen) atoms. The first kappa shape index (κ1) is 18.0. The van der Waals surface area contributed by atoms with E-state index in [1.54, 1.807) is 24.3 Å². The van der Waals surface area contributed by atoms with Crippen molar-refractivity contribution in [1.82, 2.24) is 0 Å². The fourth-order valence-corrected chi connectivity index (χ4v) is 2.76. The quantitative estimate of drug-likeness (QED) is 0.697. The lowest BCUT2D eigenvalue weighted by Crippen LogP contribution is -2.15. The third-order valence-corrected chi connectivity index (χ3v) is 3.99. The van der Waals surface area contributed by atoms with E-state index in [-0.39, 0.29) is 23.6 Å². The van der Waals surface area contributed by atoms with Crippen molar-refractivity contribution in [3.8, 4) is 0 Å². The summed E-state index contributed by atoms with van der Waals surface area (Å²) in [6.45, 7) is 1.51. The lowest BCUT2D eigenvalue weighted by molar-refractivity contribution is -0.138. The van der Waals surface area contributed by atoms with Gasteiger partial charge in [0.15, 0.2) is 5.76 Å². The second-order valence-corrected chi connectivity index (χ2v) is 5.82. The molecule has 0 atom stereocenters. The number of carbonyl (C=O) groups is 1. The number of halogens is 3. The van der Waals surface area contributed by atoms with Gasteiger partial charge >= 0.3 is 6.18 Å². The molecular weight excluding hydrogens is 347 g/mol. The monoisotopic (exact) mass is 363 g/mol. The Morgan fingerprint density at radius 1 is 1.19 bits per heavy atom. The molecule has 0 radical (unpaired) electrons. The van der Waals surface area contributed by atoms with E-state index in [9.17, 15) is 18.0 Å². The number of hydrogen-bond acceptors (Lipinski definition) is 3. The van der Waals surface area contributed by atoms with Gasteiger partial charge in [-0.15, -0.1) is 0 Å². The minimum absolute atomic E-state index is 0.0159. The van der Waals surface area contributed by atoms with E-state index in [4.69, 9.17) is 9.15 Å². The number of alkyl halides is 3. The first-order chi connectivity index (χ1) is 12.3. The van der Waals surface area contributed by atoms with Crippen LogP contribution in [0.5, 0.6) is 0 Å². The van der Waals surface area contributed by atoms with E-state index in [1.165, 1.54) is 26.2 Å². The highest BCUT2D eigenvalue weighted by Gasteiger charge is 2.32. The van der Waals surface area contributed by atoms with Gasteiger partial charge in [0.1, 0.15) is 5.58 Å². The number of anilines is 1. The normalized spacial score (nSPS) is 11.7. The Morgan fingerprint density at radius 2 is 1.92 bits per heavy atom. The molecule has 0 saturated heterocycles. The van der Waals surface area contributed by atoms with Crippen molar-refractivity contribution in [2.24, 2.45) is 0 Å². The van der Waals surface area contributed by atoms with Crippen LogP contribution in [-0.4, -0.2) is 13.0 Å². The molecule has 0 bridgehead atoms. The summed E-state index contributed by atoms with van der Waals surface area (Å²) >= 11 is 0. The van der Waals surface area contributed by atoms with Crippen LogP contribution in [0.15, 0.2) is 46.9 Å². The third kappa shape index (κ3) is 3.43. The van der Waals surface area contributed by atoms with Crippen molar-refractivity contribution in [1.29, 1.82) is 0 Å². The minimum atomic E-state index is -4.49. The molecule has 0 aliphatic carbocycles. The number of amides is 1. The standard InChI is InChI=1S/C19H16F3NO3/c1-11-7-8-12(9-15(11)19(20,21)22)23-18(24)17-14(10-25-2)13-5-3-4-6-16(13)26-17/h3-9H,10H2,1-2H3,(H,23,24). The average Bonchev–Trinajstić information content (AvgIpc) is 2.95. The molecule has 1 heterocycles. The van der Waals surface area contributed by atoms with Gasteiger partial charge in [0.25, 0.3) is 5.91 Å². The molecule has 136 valence electrons. The predicted octanol–water partition coefficient (Wildman–Crippen LogP) is 5.16. The summed E-state index contributed by atoms with van der Waals surface area (Å²) < 4.78 is 49.9. The first-order valence-electron chi connectivity index (χ1n) is 7.80.